The van der Waals surface area contributed by atoms with Crippen molar-refractivity contribution in [2.24, 2.45) is 0 Å². The molecule has 0 atom stereocenters. The number of benzene rings is 2. The Morgan fingerprint density at radius 1 is 1.04 bits per heavy atom. The molecule has 3 aromatic rings. The van der Waals surface area contributed by atoms with E-state index in [9.17, 15) is 17.6 Å². The molecule has 134 valence electrons. The van der Waals surface area contributed by atoms with Gasteiger partial charge in [0, 0.05) is 16.1 Å². The van der Waals surface area contributed by atoms with Crippen LogP contribution in [0.1, 0.15) is 16.6 Å². The molecular weight excluding hydrogens is 373 g/mol. The van der Waals surface area contributed by atoms with Gasteiger partial charge in [-0.25, -0.2) is 12.8 Å². The Bertz CT molecular complexity index is 1040. The van der Waals surface area contributed by atoms with Gasteiger partial charge >= 0.3 is 0 Å². The van der Waals surface area contributed by atoms with Gasteiger partial charge in [-0.2, -0.15) is 0 Å². The van der Waals surface area contributed by atoms with E-state index in [1.54, 1.807) is 49.4 Å². The Balaban J connectivity index is 1.76. The smallest absolute Gasteiger partial charge is 0.265 e. The van der Waals surface area contributed by atoms with Crippen molar-refractivity contribution in [1.82, 2.24) is 0 Å². The predicted octanol–water partition coefficient (Wildman–Crippen LogP) is 4.60. The number of hydrogen-bond acceptors (Lipinski definition) is 4. The zero-order chi connectivity index (χ0) is 18.7. The van der Waals surface area contributed by atoms with Gasteiger partial charge in [0.1, 0.15) is 5.82 Å². The minimum Gasteiger partial charge on any atom is -0.321 e. The summed E-state index contributed by atoms with van der Waals surface area (Å²) in [5.41, 5.74) is 0.941. The first-order chi connectivity index (χ1) is 12.4. The molecule has 3 rings (SSSR count). The highest BCUT2D eigenvalue weighted by Crippen LogP contribution is 2.30. The van der Waals surface area contributed by atoms with Gasteiger partial charge in [-0.05, 0) is 42.5 Å². The Hall–Kier alpha value is -2.51. The molecule has 1 aromatic heterocycles. The summed E-state index contributed by atoms with van der Waals surface area (Å²) in [6, 6.07) is 15.8. The van der Waals surface area contributed by atoms with E-state index in [0.717, 1.165) is 0 Å². The summed E-state index contributed by atoms with van der Waals surface area (Å²) in [5.74, 6) is -0.648. The van der Waals surface area contributed by atoms with Gasteiger partial charge in [-0.3, -0.25) is 4.79 Å². The SMILES string of the molecule is CCS(=O)(=O)c1ccc(NC(=O)c2ccc(-c3ccccc3F)s2)cc1. The zero-order valence-electron chi connectivity index (χ0n) is 13.9. The van der Waals surface area contributed by atoms with Crippen molar-refractivity contribution in [3.05, 3.63) is 71.4 Å². The van der Waals surface area contributed by atoms with E-state index in [1.165, 1.54) is 29.5 Å². The molecule has 0 bridgehead atoms. The van der Waals surface area contributed by atoms with Crippen LogP contribution in [0.3, 0.4) is 0 Å². The molecule has 0 aliphatic heterocycles. The highest BCUT2D eigenvalue weighted by Gasteiger charge is 2.14. The molecule has 1 heterocycles. The second kappa shape index (κ2) is 7.39. The minimum absolute atomic E-state index is 0.0206. The van der Waals surface area contributed by atoms with E-state index in [1.807, 2.05) is 0 Å². The summed E-state index contributed by atoms with van der Waals surface area (Å²) < 4.78 is 37.5. The number of nitrogens with one attached hydrogen (secondary N) is 1. The molecule has 0 aliphatic carbocycles. The molecule has 0 unspecified atom stereocenters. The van der Waals surface area contributed by atoms with Crippen LogP contribution >= 0.6 is 11.3 Å². The van der Waals surface area contributed by atoms with Crippen LogP contribution < -0.4 is 5.32 Å². The van der Waals surface area contributed by atoms with Crippen LogP contribution in [0.5, 0.6) is 0 Å². The second-order valence-corrected chi connectivity index (χ2v) is 8.89. The second-order valence-electron chi connectivity index (χ2n) is 5.53. The van der Waals surface area contributed by atoms with Gasteiger partial charge in [-0.15, -0.1) is 11.3 Å². The molecule has 2 aromatic carbocycles. The molecule has 0 saturated heterocycles. The van der Waals surface area contributed by atoms with Gasteiger partial charge in [0.05, 0.1) is 15.5 Å². The summed E-state index contributed by atoms with van der Waals surface area (Å²) in [7, 11) is -3.27. The van der Waals surface area contributed by atoms with Crippen LogP contribution in [-0.4, -0.2) is 20.1 Å². The summed E-state index contributed by atoms with van der Waals surface area (Å²) in [6.07, 6.45) is 0. The maximum absolute atomic E-state index is 13.9. The lowest BCUT2D eigenvalue weighted by atomic mass is 10.2. The number of rotatable bonds is 5. The molecule has 1 amide bonds. The maximum Gasteiger partial charge on any atom is 0.265 e. The van der Waals surface area contributed by atoms with Crippen molar-refractivity contribution in [3.8, 4) is 10.4 Å². The highest BCUT2D eigenvalue weighted by molar-refractivity contribution is 7.91. The summed E-state index contributed by atoms with van der Waals surface area (Å²) >= 11 is 1.19. The minimum atomic E-state index is -3.27. The number of hydrogen-bond donors (Lipinski definition) is 1. The molecule has 4 nitrogen and oxygen atoms in total. The van der Waals surface area contributed by atoms with Gasteiger partial charge in [0.25, 0.3) is 5.91 Å². The monoisotopic (exact) mass is 389 g/mol. The lowest BCUT2D eigenvalue weighted by Gasteiger charge is -2.05. The van der Waals surface area contributed by atoms with E-state index in [4.69, 9.17) is 0 Å². The van der Waals surface area contributed by atoms with E-state index >= 15 is 0 Å². The van der Waals surface area contributed by atoms with Crippen molar-refractivity contribution in [1.29, 1.82) is 0 Å². The number of carbonyl (C=O) groups is 1. The van der Waals surface area contributed by atoms with Crippen LogP contribution in [0.4, 0.5) is 10.1 Å². The van der Waals surface area contributed by atoms with Crippen LogP contribution in [0.15, 0.2) is 65.6 Å². The largest absolute Gasteiger partial charge is 0.321 e. The van der Waals surface area contributed by atoms with E-state index in [2.05, 4.69) is 5.32 Å². The van der Waals surface area contributed by atoms with Crippen LogP contribution in [0.25, 0.3) is 10.4 Å². The zero-order valence-corrected chi connectivity index (χ0v) is 15.5. The molecule has 0 aliphatic rings. The van der Waals surface area contributed by atoms with Gasteiger partial charge in [-0.1, -0.05) is 25.1 Å². The van der Waals surface area contributed by atoms with Gasteiger partial charge in [0.2, 0.25) is 0 Å². The Morgan fingerprint density at radius 2 is 1.73 bits per heavy atom. The first-order valence-corrected chi connectivity index (χ1v) is 10.4. The maximum atomic E-state index is 13.9. The number of halogens is 1. The molecule has 26 heavy (non-hydrogen) atoms. The third-order valence-electron chi connectivity index (χ3n) is 3.82. The molecular formula is C19H16FNO3S2. The molecule has 0 fully saturated rings. The number of amides is 1. The van der Waals surface area contributed by atoms with Gasteiger partial charge in [0.15, 0.2) is 9.84 Å². The van der Waals surface area contributed by atoms with Crippen molar-refractivity contribution in [2.45, 2.75) is 11.8 Å². The Labute approximate surface area is 155 Å². The molecule has 0 radical (unpaired) electrons. The van der Waals surface area contributed by atoms with Crippen molar-refractivity contribution in [3.63, 3.8) is 0 Å². The number of thiophene rings is 1. The normalized spacial score (nSPS) is 11.3. The fourth-order valence-corrected chi connectivity index (χ4v) is 4.18. The molecule has 7 heteroatoms. The predicted molar refractivity (Wildman–Crippen MR) is 102 cm³/mol. The molecule has 1 N–H and O–H groups in total. The summed E-state index contributed by atoms with van der Waals surface area (Å²) in [4.78, 5) is 13.7. The number of anilines is 1. The quantitative estimate of drug-likeness (QED) is 0.694. The fourth-order valence-electron chi connectivity index (χ4n) is 2.37. The highest BCUT2D eigenvalue weighted by atomic mass is 32.2. The number of sulfone groups is 1. The third kappa shape index (κ3) is 3.84. The summed E-state index contributed by atoms with van der Waals surface area (Å²) in [6.45, 7) is 1.58. The summed E-state index contributed by atoms with van der Waals surface area (Å²) in [5, 5.41) is 2.72. The molecule has 0 saturated carbocycles. The molecule has 0 spiro atoms. The Kier molecular flexibility index (Phi) is 5.20. The lowest BCUT2D eigenvalue weighted by Crippen LogP contribution is -2.10. The van der Waals surface area contributed by atoms with Crippen molar-refractivity contribution < 1.29 is 17.6 Å². The average molecular weight is 389 g/mol. The van der Waals surface area contributed by atoms with E-state index in [0.29, 0.717) is 21.0 Å². The standard InChI is InChI=1S/C19H16FNO3S2/c1-2-26(23,24)14-9-7-13(8-10-14)21-19(22)18-12-11-17(25-18)15-5-3-4-6-16(15)20/h3-12H,2H2,1H3,(H,21,22). The fraction of sp³-hybridized carbons (Fsp3) is 0.105. The van der Waals surface area contributed by atoms with E-state index in [-0.39, 0.29) is 22.4 Å². The Morgan fingerprint density at radius 3 is 2.38 bits per heavy atom. The van der Waals surface area contributed by atoms with E-state index < -0.39 is 9.84 Å². The van der Waals surface area contributed by atoms with Crippen LogP contribution in [-0.2, 0) is 9.84 Å². The third-order valence-corrected chi connectivity index (χ3v) is 6.69. The average Bonchev–Trinajstić information content (AvgIpc) is 3.12. The first kappa shape index (κ1) is 18.3. The van der Waals surface area contributed by atoms with Crippen molar-refractivity contribution in [2.75, 3.05) is 11.1 Å². The topological polar surface area (TPSA) is 63.2 Å². The van der Waals surface area contributed by atoms with Crippen LogP contribution in [0, 0.1) is 5.82 Å². The van der Waals surface area contributed by atoms with Crippen LogP contribution in [0.2, 0.25) is 0 Å². The van der Waals surface area contributed by atoms with Gasteiger partial charge < -0.3 is 5.32 Å². The first-order valence-electron chi connectivity index (χ1n) is 7.89. The van der Waals surface area contributed by atoms with Crippen molar-refractivity contribution >= 4 is 32.8 Å². The number of carbonyl (C=O) groups excluding carboxylic acids is 1. The lowest BCUT2D eigenvalue weighted by molar-refractivity contribution is 0.103.